The maximum Gasteiger partial charge on any atom is 0.251 e. The van der Waals surface area contributed by atoms with Gasteiger partial charge in [-0.25, -0.2) is 14.6 Å². The molecular weight excluding hydrogens is 460 g/mol. The molecule has 7 nitrogen and oxygen atoms in total. The Hall–Kier alpha value is -3.45. The van der Waals surface area contributed by atoms with Gasteiger partial charge < -0.3 is 10.6 Å². The molecule has 0 aliphatic heterocycles. The molecular formula is C27H29ClN6O. The lowest BCUT2D eigenvalue weighted by Gasteiger charge is -2.30. The summed E-state index contributed by atoms with van der Waals surface area (Å²) < 4.78 is 1.90. The number of nitrogens with one attached hydrogen (secondary N) is 2. The molecule has 180 valence electrons. The van der Waals surface area contributed by atoms with Crippen molar-refractivity contribution in [2.24, 2.45) is 0 Å². The van der Waals surface area contributed by atoms with Crippen LogP contribution in [0, 0.1) is 20.8 Å². The minimum atomic E-state index is -0.0509. The fraction of sp³-hybridized carbons (Fsp3) is 0.333. The van der Waals surface area contributed by atoms with E-state index in [0.717, 1.165) is 53.8 Å². The van der Waals surface area contributed by atoms with Gasteiger partial charge in [-0.3, -0.25) is 4.79 Å². The van der Waals surface area contributed by atoms with Gasteiger partial charge in [0.25, 0.3) is 5.91 Å². The zero-order chi connectivity index (χ0) is 24.5. The van der Waals surface area contributed by atoms with Crippen molar-refractivity contribution >= 4 is 34.4 Å². The largest absolute Gasteiger partial charge is 0.367 e. The zero-order valence-corrected chi connectivity index (χ0v) is 20.9. The maximum atomic E-state index is 12.5. The SMILES string of the molecule is Cc1ccc(-n2ncc3c(NC4CCC(NC(=O)c5ccc(Cl)cc5)CC4)nc(C)nc32)c(C)c1. The lowest BCUT2D eigenvalue weighted by molar-refractivity contribution is 0.0926. The second-order valence-corrected chi connectivity index (χ2v) is 9.81. The van der Waals surface area contributed by atoms with E-state index in [2.05, 4.69) is 47.8 Å². The highest BCUT2D eigenvalue weighted by molar-refractivity contribution is 6.30. The number of carbonyl (C=O) groups excluding carboxylic acids is 1. The zero-order valence-electron chi connectivity index (χ0n) is 20.2. The summed E-state index contributed by atoms with van der Waals surface area (Å²) >= 11 is 5.93. The van der Waals surface area contributed by atoms with Crippen molar-refractivity contribution in [2.45, 2.75) is 58.5 Å². The number of nitrogens with zero attached hydrogens (tertiary/aromatic N) is 4. The highest BCUT2D eigenvalue weighted by atomic mass is 35.5. The molecule has 0 atom stereocenters. The van der Waals surface area contributed by atoms with E-state index >= 15 is 0 Å². The van der Waals surface area contributed by atoms with Crippen LogP contribution in [0.15, 0.2) is 48.7 Å². The minimum absolute atomic E-state index is 0.0509. The van der Waals surface area contributed by atoms with Gasteiger partial charge in [-0.05, 0) is 82.3 Å². The Balaban J connectivity index is 1.28. The van der Waals surface area contributed by atoms with E-state index in [1.165, 1.54) is 5.56 Å². The number of amides is 1. The molecule has 1 amide bonds. The van der Waals surface area contributed by atoms with Crippen molar-refractivity contribution in [1.82, 2.24) is 25.1 Å². The Labute approximate surface area is 209 Å². The van der Waals surface area contributed by atoms with Crippen LogP contribution in [0.25, 0.3) is 16.7 Å². The summed E-state index contributed by atoms with van der Waals surface area (Å²) in [5.74, 6) is 1.47. The van der Waals surface area contributed by atoms with Gasteiger partial charge in [0.2, 0.25) is 0 Å². The van der Waals surface area contributed by atoms with Crippen LogP contribution in [0.2, 0.25) is 5.02 Å². The predicted octanol–water partition coefficient (Wildman–Crippen LogP) is 5.55. The first kappa shape index (κ1) is 23.3. The molecule has 4 aromatic rings. The average molecular weight is 489 g/mol. The fourth-order valence-corrected chi connectivity index (χ4v) is 4.92. The molecule has 0 saturated heterocycles. The molecule has 35 heavy (non-hydrogen) atoms. The Kier molecular flexibility index (Phi) is 6.43. The molecule has 2 N–H and O–H groups in total. The van der Waals surface area contributed by atoms with Crippen molar-refractivity contribution in [1.29, 1.82) is 0 Å². The second kappa shape index (κ2) is 9.66. The molecule has 0 spiro atoms. The van der Waals surface area contributed by atoms with Crippen LogP contribution in [-0.4, -0.2) is 37.7 Å². The average Bonchev–Trinajstić information content (AvgIpc) is 3.24. The van der Waals surface area contributed by atoms with Gasteiger partial charge in [0.15, 0.2) is 5.65 Å². The first-order valence-electron chi connectivity index (χ1n) is 12.0. The number of carbonyl (C=O) groups is 1. The molecule has 2 heterocycles. The first-order valence-corrected chi connectivity index (χ1v) is 12.4. The third kappa shape index (κ3) is 5.00. The summed E-state index contributed by atoms with van der Waals surface area (Å²) in [6, 6.07) is 13.8. The van der Waals surface area contributed by atoms with Crippen LogP contribution in [0.4, 0.5) is 5.82 Å². The first-order chi connectivity index (χ1) is 16.9. The summed E-state index contributed by atoms with van der Waals surface area (Å²) in [5.41, 5.74) is 4.83. The minimum Gasteiger partial charge on any atom is -0.367 e. The highest BCUT2D eigenvalue weighted by Crippen LogP contribution is 2.28. The molecule has 1 saturated carbocycles. The summed E-state index contributed by atoms with van der Waals surface area (Å²) in [6.45, 7) is 6.09. The molecule has 1 aliphatic rings. The predicted molar refractivity (Wildman–Crippen MR) is 139 cm³/mol. The Morgan fingerprint density at radius 2 is 1.69 bits per heavy atom. The third-order valence-electron chi connectivity index (χ3n) is 6.63. The van der Waals surface area contributed by atoms with E-state index < -0.39 is 0 Å². The number of rotatable bonds is 5. The molecule has 2 aromatic carbocycles. The summed E-state index contributed by atoms with van der Waals surface area (Å²) in [5, 5.41) is 13.0. The normalized spacial score (nSPS) is 17.9. The van der Waals surface area contributed by atoms with E-state index in [4.69, 9.17) is 21.6 Å². The van der Waals surface area contributed by atoms with Crippen molar-refractivity contribution in [3.8, 4) is 5.69 Å². The molecule has 0 radical (unpaired) electrons. The van der Waals surface area contributed by atoms with Crippen LogP contribution in [0.1, 0.15) is 53.0 Å². The quantitative estimate of drug-likeness (QED) is 0.385. The van der Waals surface area contributed by atoms with E-state index in [0.29, 0.717) is 16.4 Å². The number of hydrogen-bond donors (Lipinski definition) is 2. The van der Waals surface area contributed by atoms with Crippen molar-refractivity contribution < 1.29 is 4.79 Å². The Morgan fingerprint density at radius 1 is 0.971 bits per heavy atom. The van der Waals surface area contributed by atoms with E-state index in [9.17, 15) is 4.79 Å². The lowest BCUT2D eigenvalue weighted by Crippen LogP contribution is -2.40. The summed E-state index contributed by atoms with van der Waals surface area (Å²) in [7, 11) is 0. The molecule has 8 heteroatoms. The van der Waals surface area contributed by atoms with Crippen LogP contribution >= 0.6 is 11.6 Å². The van der Waals surface area contributed by atoms with Crippen LogP contribution in [0.3, 0.4) is 0 Å². The molecule has 0 unspecified atom stereocenters. The molecule has 5 rings (SSSR count). The van der Waals surface area contributed by atoms with Crippen molar-refractivity contribution in [3.63, 3.8) is 0 Å². The number of hydrogen-bond acceptors (Lipinski definition) is 5. The van der Waals surface area contributed by atoms with Gasteiger partial charge in [0.1, 0.15) is 11.6 Å². The smallest absolute Gasteiger partial charge is 0.251 e. The van der Waals surface area contributed by atoms with Gasteiger partial charge in [0, 0.05) is 22.7 Å². The molecule has 1 fully saturated rings. The Bertz CT molecular complexity index is 1370. The number of aromatic nitrogens is 4. The van der Waals surface area contributed by atoms with Crippen LogP contribution < -0.4 is 10.6 Å². The van der Waals surface area contributed by atoms with Gasteiger partial charge in [0.05, 0.1) is 17.3 Å². The number of benzene rings is 2. The van der Waals surface area contributed by atoms with Crippen LogP contribution in [-0.2, 0) is 0 Å². The maximum absolute atomic E-state index is 12.5. The summed E-state index contributed by atoms with van der Waals surface area (Å²) in [4.78, 5) is 21.9. The van der Waals surface area contributed by atoms with Gasteiger partial charge in [-0.2, -0.15) is 5.10 Å². The lowest BCUT2D eigenvalue weighted by atomic mass is 9.91. The van der Waals surface area contributed by atoms with Crippen molar-refractivity contribution in [2.75, 3.05) is 5.32 Å². The molecule has 1 aliphatic carbocycles. The van der Waals surface area contributed by atoms with Gasteiger partial charge >= 0.3 is 0 Å². The monoisotopic (exact) mass is 488 g/mol. The van der Waals surface area contributed by atoms with E-state index in [1.807, 2.05) is 17.8 Å². The molecule has 2 aromatic heterocycles. The molecule has 0 bridgehead atoms. The fourth-order valence-electron chi connectivity index (χ4n) is 4.79. The van der Waals surface area contributed by atoms with E-state index in [-0.39, 0.29) is 18.0 Å². The third-order valence-corrected chi connectivity index (χ3v) is 6.88. The van der Waals surface area contributed by atoms with Gasteiger partial charge in [-0.15, -0.1) is 0 Å². The number of halogens is 1. The Morgan fingerprint density at radius 3 is 2.40 bits per heavy atom. The van der Waals surface area contributed by atoms with E-state index in [1.54, 1.807) is 24.3 Å². The standard InChI is InChI=1S/C27H29ClN6O/c1-16-4-13-24(17(2)14-16)34-26-23(15-29-34)25(30-18(3)31-26)32-21-9-11-22(12-10-21)33-27(35)19-5-7-20(28)8-6-19/h4-8,13-15,21-22H,9-12H2,1-3H3,(H,33,35)(H,30,31,32). The highest BCUT2D eigenvalue weighted by Gasteiger charge is 2.24. The summed E-state index contributed by atoms with van der Waals surface area (Å²) in [6.07, 6.45) is 5.55. The number of aryl methyl sites for hydroxylation is 3. The number of fused-ring (bicyclic) bond motifs is 1. The van der Waals surface area contributed by atoms with Crippen molar-refractivity contribution in [3.05, 3.63) is 76.2 Å². The van der Waals surface area contributed by atoms with Crippen LogP contribution in [0.5, 0.6) is 0 Å². The number of anilines is 1. The van der Waals surface area contributed by atoms with Gasteiger partial charge in [-0.1, -0.05) is 29.3 Å². The second-order valence-electron chi connectivity index (χ2n) is 9.38. The topological polar surface area (TPSA) is 84.7 Å².